The predicted octanol–water partition coefficient (Wildman–Crippen LogP) is 1.61. The zero-order chi connectivity index (χ0) is 16.0. The molecule has 1 amide bonds. The molecular formula is C14H20N2O5. The Hall–Kier alpha value is -2.31. The minimum Gasteiger partial charge on any atom is -0.481 e. The molecule has 1 heterocycles. The van der Waals surface area contributed by atoms with Gasteiger partial charge in [-0.1, -0.05) is 6.07 Å². The van der Waals surface area contributed by atoms with E-state index in [0.717, 1.165) is 0 Å². The average molecular weight is 296 g/mol. The number of ether oxygens (including phenoxy) is 2. The van der Waals surface area contributed by atoms with E-state index >= 15 is 0 Å². The van der Waals surface area contributed by atoms with Crippen LogP contribution in [-0.2, 0) is 16.0 Å². The number of alkyl carbamates (subject to hydrolysis) is 1. The van der Waals surface area contributed by atoms with Crippen LogP contribution < -0.4 is 10.1 Å². The van der Waals surface area contributed by atoms with Gasteiger partial charge in [-0.25, -0.2) is 14.6 Å². The van der Waals surface area contributed by atoms with E-state index in [9.17, 15) is 14.7 Å². The molecule has 0 spiro atoms. The Kier molecular flexibility index (Phi) is 5.52. The van der Waals surface area contributed by atoms with Crippen LogP contribution in [0, 0.1) is 0 Å². The van der Waals surface area contributed by atoms with Gasteiger partial charge >= 0.3 is 12.1 Å². The number of carbonyl (C=O) groups is 2. The van der Waals surface area contributed by atoms with Crippen LogP contribution in [0.5, 0.6) is 5.88 Å². The number of methoxy groups -OCH3 is 1. The van der Waals surface area contributed by atoms with Crippen molar-refractivity contribution in [3.05, 3.63) is 23.9 Å². The number of rotatable bonds is 5. The number of carbonyl (C=O) groups excluding carboxylic acids is 1. The van der Waals surface area contributed by atoms with Crippen LogP contribution >= 0.6 is 0 Å². The highest BCUT2D eigenvalue weighted by Crippen LogP contribution is 2.10. The first kappa shape index (κ1) is 16.7. The molecule has 0 saturated heterocycles. The summed E-state index contributed by atoms with van der Waals surface area (Å²) in [5, 5.41) is 11.5. The Balaban J connectivity index is 2.74. The van der Waals surface area contributed by atoms with E-state index in [1.165, 1.54) is 7.11 Å². The van der Waals surface area contributed by atoms with Gasteiger partial charge in [0.1, 0.15) is 11.6 Å². The first-order valence-electron chi connectivity index (χ1n) is 6.43. The molecule has 0 aromatic carbocycles. The van der Waals surface area contributed by atoms with Crippen LogP contribution in [0.4, 0.5) is 4.79 Å². The quantitative estimate of drug-likeness (QED) is 0.856. The molecule has 21 heavy (non-hydrogen) atoms. The smallest absolute Gasteiger partial charge is 0.408 e. The number of aliphatic carboxylic acids is 1. The largest absolute Gasteiger partial charge is 0.481 e. The second-order valence-electron chi connectivity index (χ2n) is 5.41. The number of nitrogens with one attached hydrogen (secondary N) is 1. The topological polar surface area (TPSA) is 97.8 Å². The molecule has 2 N–H and O–H groups in total. The summed E-state index contributed by atoms with van der Waals surface area (Å²) in [6, 6.07) is 3.89. The molecule has 116 valence electrons. The van der Waals surface area contributed by atoms with Crippen LogP contribution in [0.15, 0.2) is 18.2 Å². The van der Waals surface area contributed by atoms with Crippen molar-refractivity contribution in [1.29, 1.82) is 0 Å². The maximum atomic E-state index is 11.6. The fraction of sp³-hybridized carbons (Fsp3) is 0.500. The third kappa shape index (κ3) is 6.11. The summed E-state index contributed by atoms with van der Waals surface area (Å²) in [7, 11) is 1.47. The van der Waals surface area contributed by atoms with Gasteiger partial charge in [-0.3, -0.25) is 0 Å². The fourth-order valence-corrected chi connectivity index (χ4v) is 1.54. The number of nitrogens with zero attached hydrogens (tertiary/aromatic N) is 1. The standard InChI is InChI=1S/C14H20N2O5/c1-14(2,3)21-13(19)16-10(12(17)18)8-9-6-5-7-11(15-9)20-4/h5-7,10H,8H2,1-4H3,(H,16,19)(H,17,18). The van der Waals surface area contributed by atoms with Gasteiger partial charge in [0.2, 0.25) is 5.88 Å². The molecule has 7 nitrogen and oxygen atoms in total. The molecule has 0 radical (unpaired) electrons. The van der Waals surface area contributed by atoms with Crippen molar-refractivity contribution >= 4 is 12.1 Å². The monoisotopic (exact) mass is 296 g/mol. The number of aromatic nitrogens is 1. The van der Waals surface area contributed by atoms with Gasteiger partial charge < -0.3 is 19.9 Å². The summed E-state index contributed by atoms with van der Waals surface area (Å²) < 4.78 is 10.0. The molecule has 0 aliphatic heterocycles. The highest BCUT2D eigenvalue weighted by molar-refractivity contribution is 5.80. The van der Waals surface area contributed by atoms with Crippen molar-refractivity contribution in [3.63, 3.8) is 0 Å². The number of hydrogen-bond donors (Lipinski definition) is 2. The molecule has 1 aromatic heterocycles. The molecule has 1 aromatic rings. The molecule has 0 saturated carbocycles. The van der Waals surface area contributed by atoms with E-state index in [0.29, 0.717) is 11.6 Å². The van der Waals surface area contributed by atoms with E-state index < -0.39 is 23.7 Å². The lowest BCUT2D eigenvalue weighted by atomic mass is 10.1. The summed E-state index contributed by atoms with van der Waals surface area (Å²) in [6.45, 7) is 5.10. The summed E-state index contributed by atoms with van der Waals surface area (Å²) in [4.78, 5) is 27.0. The second kappa shape index (κ2) is 6.92. The first-order valence-corrected chi connectivity index (χ1v) is 6.43. The van der Waals surface area contributed by atoms with Crippen LogP contribution in [0.2, 0.25) is 0 Å². The number of carboxylic acid groups (broad SMARTS) is 1. The Labute approximate surface area is 123 Å². The lowest BCUT2D eigenvalue weighted by Gasteiger charge is -2.21. The Morgan fingerprint density at radius 2 is 2.05 bits per heavy atom. The van der Waals surface area contributed by atoms with Crippen LogP contribution in [-0.4, -0.2) is 40.9 Å². The summed E-state index contributed by atoms with van der Waals surface area (Å²) in [5.41, 5.74) is -0.195. The molecule has 0 fully saturated rings. The lowest BCUT2D eigenvalue weighted by Crippen LogP contribution is -2.44. The van der Waals surface area contributed by atoms with Crippen molar-refractivity contribution in [2.75, 3.05) is 7.11 Å². The zero-order valence-corrected chi connectivity index (χ0v) is 12.5. The highest BCUT2D eigenvalue weighted by atomic mass is 16.6. The normalized spacial score (nSPS) is 12.4. The van der Waals surface area contributed by atoms with Crippen molar-refractivity contribution in [3.8, 4) is 5.88 Å². The number of pyridine rings is 1. The van der Waals surface area contributed by atoms with E-state index in [1.54, 1.807) is 39.0 Å². The number of hydrogen-bond acceptors (Lipinski definition) is 5. The number of carboxylic acids is 1. The maximum Gasteiger partial charge on any atom is 0.408 e. The van der Waals surface area contributed by atoms with Crippen molar-refractivity contribution in [1.82, 2.24) is 10.3 Å². The van der Waals surface area contributed by atoms with Crippen LogP contribution in [0.3, 0.4) is 0 Å². The summed E-state index contributed by atoms with van der Waals surface area (Å²) in [6.07, 6.45) is -0.746. The first-order chi connectivity index (χ1) is 9.71. The maximum absolute atomic E-state index is 11.6. The van der Waals surface area contributed by atoms with Gasteiger partial charge in [0, 0.05) is 18.2 Å². The molecule has 0 aliphatic rings. The summed E-state index contributed by atoms with van der Waals surface area (Å²) >= 11 is 0. The lowest BCUT2D eigenvalue weighted by molar-refractivity contribution is -0.139. The summed E-state index contributed by atoms with van der Waals surface area (Å²) in [5.74, 6) is -0.778. The third-order valence-corrected chi connectivity index (χ3v) is 2.39. The van der Waals surface area contributed by atoms with E-state index in [4.69, 9.17) is 9.47 Å². The van der Waals surface area contributed by atoms with Gasteiger partial charge in [0.15, 0.2) is 0 Å². The Morgan fingerprint density at radius 3 is 2.57 bits per heavy atom. The third-order valence-electron chi connectivity index (χ3n) is 2.39. The van der Waals surface area contributed by atoms with E-state index in [1.807, 2.05) is 0 Å². The molecule has 7 heteroatoms. The van der Waals surface area contributed by atoms with Crippen molar-refractivity contribution < 1.29 is 24.2 Å². The molecule has 1 rings (SSSR count). The SMILES string of the molecule is COc1cccc(CC(NC(=O)OC(C)(C)C)C(=O)O)n1. The minimum absolute atomic E-state index is 0.0335. The second-order valence-corrected chi connectivity index (χ2v) is 5.41. The Morgan fingerprint density at radius 1 is 1.38 bits per heavy atom. The van der Waals surface area contributed by atoms with Crippen LogP contribution in [0.25, 0.3) is 0 Å². The highest BCUT2D eigenvalue weighted by Gasteiger charge is 2.24. The van der Waals surface area contributed by atoms with Gasteiger partial charge in [-0.15, -0.1) is 0 Å². The van der Waals surface area contributed by atoms with Crippen molar-refractivity contribution in [2.45, 2.75) is 38.8 Å². The van der Waals surface area contributed by atoms with E-state index in [-0.39, 0.29) is 6.42 Å². The fourth-order valence-electron chi connectivity index (χ4n) is 1.54. The average Bonchev–Trinajstić information content (AvgIpc) is 2.36. The van der Waals surface area contributed by atoms with Gasteiger partial charge in [0.05, 0.1) is 7.11 Å². The zero-order valence-electron chi connectivity index (χ0n) is 12.5. The Bertz CT molecular complexity index is 510. The molecular weight excluding hydrogens is 276 g/mol. The van der Waals surface area contributed by atoms with Gasteiger partial charge in [0.25, 0.3) is 0 Å². The van der Waals surface area contributed by atoms with Gasteiger partial charge in [-0.2, -0.15) is 0 Å². The van der Waals surface area contributed by atoms with E-state index in [2.05, 4.69) is 10.3 Å². The van der Waals surface area contributed by atoms with Gasteiger partial charge in [-0.05, 0) is 26.8 Å². The molecule has 1 unspecified atom stereocenters. The minimum atomic E-state index is -1.16. The van der Waals surface area contributed by atoms with Crippen LogP contribution in [0.1, 0.15) is 26.5 Å². The molecule has 0 aliphatic carbocycles. The predicted molar refractivity (Wildman–Crippen MR) is 75.3 cm³/mol. The molecule has 0 bridgehead atoms. The molecule has 1 atom stereocenters. The number of amides is 1. The van der Waals surface area contributed by atoms with Crippen molar-refractivity contribution in [2.24, 2.45) is 0 Å².